The summed E-state index contributed by atoms with van der Waals surface area (Å²) >= 11 is 0. The van der Waals surface area contributed by atoms with Crippen molar-refractivity contribution >= 4 is 43.6 Å². The Morgan fingerprint density at radius 2 is 1.44 bits per heavy atom. The Labute approximate surface area is 277 Å². The summed E-state index contributed by atoms with van der Waals surface area (Å²) in [6, 6.07) is 34.1. The Hall–Kier alpha value is -5.74. The van der Waals surface area contributed by atoms with Gasteiger partial charge in [-0.2, -0.15) is 0 Å². The summed E-state index contributed by atoms with van der Waals surface area (Å²) < 4.78 is 54.1. The maximum atomic E-state index is 16.6. The second-order valence-electron chi connectivity index (χ2n) is 11.5. The van der Waals surface area contributed by atoms with Crippen molar-refractivity contribution in [3.8, 4) is 11.3 Å². The number of carbonyl (C=O) groups is 1. The highest BCUT2D eigenvalue weighted by molar-refractivity contribution is 7.90. The van der Waals surface area contributed by atoms with E-state index in [2.05, 4.69) is 0 Å². The minimum atomic E-state index is -4.39. The molecule has 0 saturated heterocycles. The van der Waals surface area contributed by atoms with E-state index in [9.17, 15) is 13.2 Å². The van der Waals surface area contributed by atoms with Gasteiger partial charge < -0.3 is 14.2 Å². The van der Waals surface area contributed by atoms with E-state index in [0.717, 1.165) is 15.1 Å². The zero-order valence-electron chi connectivity index (χ0n) is 26.2. The summed E-state index contributed by atoms with van der Waals surface area (Å²) in [6.07, 6.45) is 3.14. The van der Waals surface area contributed by atoms with E-state index in [1.54, 1.807) is 60.3 Å². The van der Waals surface area contributed by atoms with Gasteiger partial charge in [-0.15, -0.1) is 0 Å². The number of anilines is 1. The molecule has 48 heavy (non-hydrogen) atoms. The fourth-order valence-corrected chi connectivity index (χ4v) is 7.70. The smallest absolute Gasteiger partial charge is 0.340 e. The summed E-state index contributed by atoms with van der Waals surface area (Å²) in [5.74, 6) is -0.987. The van der Waals surface area contributed by atoms with Crippen molar-refractivity contribution < 1.29 is 22.3 Å². The van der Waals surface area contributed by atoms with E-state index in [1.165, 1.54) is 25.4 Å². The topological polar surface area (TPSA) is 86.4 Å². The average molecular weight is 659 g/mol. The molecule has 0 bridgehead atoms. The van der Waals surface area contributed by atoms with Crippen LogP contribution in [0.15, 0.2) is 133 Å². The number of hydrogen-bond acceptors (Lipinski definition) is 6. The molecule has 8 nitrogen and oxygen atoms in total. The lowest BCUT2D eigenvalue weighted by Crippen LogP contribution is -2.25. The number of hydrogen-bond donors (Lipinski definition) is 0. The molecule has 0 amide bonds. The standard InChI is InChI=1S/C38H31FN4O4S/c1-41-21-20-28-18-19-30(34(39)35(28)41)33-22-31-32(38(44)47-2)23-40-37(36(31)43(33)48(45,46)29-16-10-5-11-17-29)42(24-26-12-6-3-7-13-26)25-27-14-8-4-9-15-27/h3-23H,24-25H2,1-2H3. The van der Waals surface area contributed by atoms with Crippen molar-refractivity contribution in [2.45, 2.75) is 18.0 Å². The summed E-state index contributed by atoms with van der Waals surface area (Å²) in [6.45, 7) is 0.732. The number of esters is 1. The molecule has 0 atom stereocenters. The Balaban J connectivity index is 1.60. The molecule has 0 fully saturated rings. The van der Waals surface area contributed by atoms with Gasteiger partial charge in [0.25, 0.3) is 10.0 Å². The molecule has 3 heterocycles. The van der Waals surface area contributed by atoms with E-state index in [0.29, 0.717) is 29.8 Å². The molecular weight excluding hydrogens is 628 g/mol. The number of nitrogens with zero attached hydrogens (tertiary/aromatic N) is 4. The summed E-state index contributed by atoms with van der Waals surface area (Å²) in [5.41, 5.74) is 2.54. The number of rotatable bonds is 9. The third-order valence-electron chi connectivity index (χ3n) is 8.45. The zero-order chi connectivity index (χ0) is 33.4. The quantitative estimate of drug-likeness (QED) is 0.149. The van der Waals surface area contributed by atoms with Crippen molar-refractivity contribution in [3.05, 3.63) is 150 Å². The lowest BCUT2D eigenvalue weighted by atomic mass is 10.1. The van der Waals surface area contributed by atoms with Crippen LogP contribution in [-0.4, -0.2) is 35.0 Å². The Morgan fingerprint density at radius 3 is 2.04 bits per heavy atom. The van der Waals surface area contributed by atoms with Crippen LogP contribution in [-0.2, 0) is 34.9 Å². The van der Waals surface area contributed by atoms with Crippen molar-refractivity contribution in [1.82, 2.24) is 13.5 Å². The normalized spacial score (nSPS) is 11.6. The van der Waals surface area contributed by atoms with E-state index in [4.69, 9.17) is 9.72 Å². The monoisotopic (exact) mass is 658 g/mol. The van der Waals surface area contributed by atoms with Crippen molar-refractivity contribution in [3.63, 3.8) is 0 Å². The molecule has 4 aromatic carbocycles. The van der Waals surface area contributed by atoms with E-state index in [1.807, 2.05) is 65.6 Å². The number of methoxy groups -OCH3 is 1. The van der Waals surface area contributed by atoms with Crippen LogP contribution in [0, 0.1) is 5.82 Å². The van der Waals surface area contributed by atoms with Gasteiger partial charge in [0.1, 0.15) is 5.52 Å². The number of aromatic nitrogens is 3. The molecule has 0 spiro atoms. The number of carbonyl (C=O) groups excluding carboxylic acids is 1. The molecule has 0 aliphatic heterocycles. The lowest BCUT2D eigenvalue weighted by Gasteiger charge is -2.26. The molecule has 0 aliphatic carbocycles. The molecular formula is C38H31FN4O4S. The highest BCUT2D eigenvalue weighted by Gasteiger charge is 2.32. The van der Waals surface area contributed by atoms with Crippen LogP contribution in [0.5, 0.6) is 0 Å². The summed E-state index contributed by atoms with van der Waals surface area (Å²) in [7, 11) is -1.41. The molecule has 7 aromatic rings. The Morgan fingerprint density at radius 1 is 0.833 bits per heavy atom. The van der Waals surface area contributed by atoms with Gasteiger partial charge in [0.05, 0.1) is 28.8 Å². The molecule has 10 heteroatoms. The molecule has 240 valence electrons. The first-order chi connectivity index (χ1) is 23.3. The largest absolute Gasteiger partial charge is 0.465 e. The van der Waals surface area contributed by atoms with Crippen LogP contribution in [0.3, 0.4) is 0 Å². The molecule has 7 rings (SSSR count). The van der Waals surface area contributed by atoms with Gasteiger partial charge >= 0.3 is 5.97 Å². The summed E-state index contributed by atoms with van der Waals surface area (Å²) in [4.78, 5) is 19.9. The third kappa shape index (κ3) is 5.39. The Kier molecular flexibility index (Phi) is 8.02. The fraction of sp³-hybridized carbons (Fsp3) is 0.105. The first-order valence-electron chi connectivity index (χ1n) is 15.3. The van der Waals surface area contributed by atoms with Gasteiger partial charge in [-0.05, 0) is 41.5 Å². The second kappa shape index (κ2) is 12.5. The molecule has 0 N–H and O–H groups in total. The van der Waals surface area contributed by atoms with Crippen molar-refractivity contribution in [2.24, 2.45) is 7.05 Å². The SMILES string of the molecule is COC(=O)c1cnc(N(Cc2ccccc2)Cc2ccccc2)c2c1cc(-c1ccc3ccn(C)c3c1F)n2S(=O)(=O)c1ccccc1. The minimum absolute atomic E-state index is 0.00353. The van der Waals surface area contributed by atoms with Crippen LogP contribution in [0.2, 0.25) is 0 Å². The highest BCUT2D eigenvalue weighted by atomic mass is 32.2. The second-order valence-corrected chi connectivity index (χ2v) is 13.3. The highest BCUT2D eigenvalue weighted by Crippen LogP contribution is 2.41. The molecule has 0 unspecified atom stereocenters. The van der Waals surface area contributed by atoms with E-state index < -0.39 is 21.8 Å². The molecule has 0 aliphatic rings. The van der Waals surface area contributed by atoms with Crippen LogP contribution in [0.1, 0.15) is 21.5 Å². The van der Waals surface area contributed by atoms with E-state index >= 15 is 4.39 Å². The summed E-state index contributed by atoms with van der Waals surface area (Å²) in [5, 5.41) is 0.931. The molecule has 3 aromatic heterocycles. The van der Waals surface area contributed by atoms with Crippen LogP contribution < -0.4 is 4.90 Å². The van der Waals surface area contributed by atoms with Gasteiger partial charge in [0, 0.05) is 48.9 Å². The lowest BCUT2D eigenvalue weighted by molar-refractivity contribution is 0.0602. The number of halogens is 1. The zero-order valence-corrected chi connectivity index (χ0v) is 27.1. The average Bonchev–Trinajstić information content (AvgIpc) is 3.70. The van der Waals surface area contributed by atoms with Gasteiger partial charge in [-0.25, -0.2) is 26.6 Å². The van der Waals surface area contributed by atoms with E-state index in [-0.39, 0.29) is 32.6 Å². The van der Waals surface area contributed by atoms with Gasteiger partial charge in [-0.3, -0.25) is 0 Å². The first kappa shape index (κ1) is 30.9. The van der Waals surface area contributed by atoms with Crippen LogP contribution in [0.4, 0.5) is 10.2 Å². The number of aryl methyl sites for hydroxylation is 1. The first-order valence-corrected chi connectivity index (χ1v) is 16.7. The molecule has 0 saturated carbocycles. The maximum Gasteiger partial charge on any atom is 0.340 e. The van der Waals surface area contributed by atoms with Crippen molar-refractivity contribution in [2.75, 3.05) is 12.0 Å². The minimum Gasteiger partial charge on any atom is -0.465 e. The number of fused-ring (bicyclic) bond motifs is 2. The number of ether oxygens (including phenoxy) is 1. The fourth-order valence-electron chi connectivity index (χ4n) is 6.16. The predicted octanol–water partition coefficient (Wildman–Crippen LogP) is 7.56. The van der Waals surface area contributed by atoms with Gasteiger partial charge in [0.2, 0.25) is 0 Å². The van der Waals surface area contributed by atoms with Gasteiger partial charge in [-0.1, -0.05) is 84.9 Å². The van der Waals surface area contributed by atoms with Crippen molar-refractivity contribution in [1.29, 1.82) is 0 Å². The maximum absolute atomic E-state index is 16.6. The Bertz CT molecular complexity index is 2350. The van der Waals surface area contributed by atoms with Crippen LogP contribution >= 0.6 is 0 Å². The third-order valence-corrected chi connectivity index (χ3v) is 10.2. The van der Waals surface area contributed by atoms with Crippen LogP contribution in [0.25, 0.3) is 33.1 Å². The number of benzene rings is 4. The number of pyridine rings is 1. The predicted molar refractivity (Wildman–Crippen MR) is 185 cm³/mol. The molecule has 0 radical (unpaired) electrons. The van der Waals surface area contributed by atoms with Gasteiger partial charge in [0.15, 0.2) is 11.6 Å².